The highest BCUT2D eigenvalue weighted by Gasteiger charge is 2.19. The number of anilines is 1. The smallest absolute Gasteiger partial charge is 0.0399 e. The van der Waals surface area contributed by atoms with Crippen molar-refractivity contribution in [2.75, 3.05) is 19.0 Å². The molecule has 0 bridgehead atoms. The van der Waals surface area contributed by atoms with E-state index in [1.807, 2.05) is 7.05 Å². The van der Waals surface area contributed by atoms with E-state index in [0.29, 0.717) is 6.04 Å². The number of nitrogens with zero attached hydrogens (tertiary/aromatic N) is 1. The molecular weight excluding hydrogens is 256 g/mol. The third-order valence-electron chi connectivity index (χ3n) is 4.62. The van der Waals surface area contributed by atoms with Crippen LogP contribution in [0.5, 0.6) is 0 Å². The minimum atomic E-state index is 0.643. The molecule has 110 valence electrons. The van der Waals surface area contributed by atoms with Gasteiger partial charge in [0.05, 0.1) is 0 Å². The highest BCUT2D eigenvalue weighted by atomic mass is 15.1. The third kappa shape index (κ3) is 2.81. The van der Waals surface area contributed by atoms with Crippen molar-refractivity contribution >= 4 is 5.69 Å². The van der Waals surface area contributed by atoms with E-state index >= 15 is 0 Å². The van der Waals surface area contributed by atoms with Crippen LogP contribution in [0.3, 0.4) is 0 Å². The van der Waals surface area contributed by atoms with Crippen molar-refractivity contribution in [2.24, 2.45) is 0 Å². The molecule has 2 heteroatoms. The molecule has 0 spiro atoms. The first-order chi connectivity index (χ1) is 10.2. The van der Waals surface area contributed by atoms with Crippen molar-refractivity contribution in [3.05, 3.63) is 53.6 Å². The van der Waals surface area contributed by atoms with E-state index in [1.165, 1.54) is 40.8 Å². The molecular formula is C19H24N2. The molecule has 2 aromatic carbocycles. The van der Waals surface area contributed by atoms with E-state index in [2.05, 4.69) is 66.7 Å². The Balaban J connectivity index is 1.90. The summed E-state index contributed by atoms with van der Waals surface area (Å²) in [4.78, 5) is 2.40. The zero-order valence-corrected chi connectivity index (χ0v) is 13.2. The van der Waals surface area contributed by atoms with Crippen LogP contribution in [-0.2, 0) is 13.0 Å². The molecule has 0 aliphatic carbocycles. The summed E-state index contributed by atoms with van der Waals surface area (Å²) in [5.74, 6) is 0. The second-order valence-electron chi connectivity index (χ2n) is 6.07. The number of nitrogens with one attached hydrogen (secondary N) is 1. The van der Waals surface area contributed by atoms with Gasteiger partial charge in [0.25, 0.3) is 0 Å². The molecule has 0 amide bonds. The lowest BCUT2D eigenvalue weighted by Crippen LogP contribution is -2.33. The van der Waals surface area contributed by atoms with Crippen LogP contribution < -0.4 is 10.2 Å². The predicted octanol–water partition coefficient (Wildman–Crippen LogP) is 3.84. The van der Waals surface area contributed by atoms with E-state index in [1.54, 1.807) is 0 Å². The first kappa shape index (κ1) is 14.2. The molecule has 0 radical (unpaired) electrons. The van der Waals surface area contributed by atoms with E-state index in [-0.39, 0.29) is 0 Å². The topological polar surface area (TPSA) is 15.3 Å². The van der Waals surface area contributed by atoms with Gasteiger partial charge < -0.3 is 10.2 Å². The van der Waals surface area contributed by atoms with E-state index in [9.17, 15) is 0 Å². The van der Waals surface area contributed by atoms with Gasteiger partial charge in [0, 0.05) is 25.3 Å². The molecule has 0 aromatic heterocycles. The zero-order valence-electron chi connectivity index (χ0n) is 13.2. The Labute approximate surface area is 127 Å². The van der Waals surface area contributed by atoms with Gasteiger partial charge in [-0.2, -0.15) is 0 Å². The normalized spacial score (nSPS) is 17.7. The Morgan fingerprint density at radius 2 is 1.81 bits per heavy atom. The molecule has 1 aliphatic heterocycles. The molecule has 2 nitrogen and oxygen atoms in total. The Kier molecular flexibility index (Phi) is 3.98. The van der Waals surface area contributed by atoms with E-state index < -0.39 is 0 Å². The molecule has 0 saturated carbocycles. The van der Waals surface area contributed by atoms with Crippen LogP contribution in [0.2, 0.25) is 0 Å². The first-order valence-corrected chi connectivity index (χ1v) is 7.78. The molecule has 3 rings (SSSR count). The van der Waals surface area contributed by atoms with Crippen LogP contribution in [0.15, 0.2) is 42.5 Å². The minimum Gasteiger partial charge on any atom is -0.372 e. The second-order valence-corrected chi connectivity index (χ2v) is 6.07. The van der Waals surface area contributed by atoms with E-state index in [0.717, 1.165) is 6.54 Å². The van der Waals surface area contributed by atoms with Gasteiger partial charge in [0.1, 0.15) is 0 Å². The summed E-state index contributed by atoms with van der Waals surface area (Å²) in [5, 5.41) is 3.19. The van der Waals surface area contributed by atoms with Gasteiger partial charge in [0.2, 0.25) is 0 Å². The summed E-state index contributed by atoms with van der Waals surface area (Å²) in [6.45, 7) is 3.23. The third-order valence-corrected chi connectivity index (χ3v) is 4.62. The summed E-state index contributed by atoms with van der Waals surface area (Å²) in [6.07, 6.45) is 2.43. The first-order valence-electron chi connectivity index (χ1n) is 7.78. The van der Waals surface area contributed by atoms with Crippen LogP contribution in [0.1, 0.15) is 24.5 Å². The summed E-state index contributed by atoms with van der Waals surface area (Å²) in [7, 11) is 4.18. The van der Waals surface area contributed by atoms with Crippen LogP contribution >= 0.6 is 0 Å². The molecule has 1 atom stereocenters. The number of hydrogen-bond donors (Lipinski definition) is 1. The maximum atomic E-state index is 3.19. The summed E-state index contributed by atoms with van der Waals surface area (Å²) in [5.41, 5.74) is 6.83. The van der Waals surface area contributed by atoms with Crippen LogP contribution in [0, 0.1) is 0 Å². The SMILES string of the molecule is CNCc1ccc(-c2ccc3c(c2)CC[C@H](C)N3C)cc1. The number of benzene rings is 2. The molecule has 1 heterocycles. The van der Waals surface area contributed by atoms with Gasteiger partial charge in [-0.3, -0.25) is 0 Å². The zero-order chi connectivity index (χ0) is 14.8. The molecule has 21 heavy (non-hydrogen) atoms. The molecule has 0 unspecified atom stereocenters. The highest BCUT2D eigenvalue weighted by Crippen LogP contribution is 2.33. The standard InChI is InChI=1S/C19H24N2/c1-14-4-7-18-12-17(10-11-19(18)21(14)3)16-8-5-15(6-9-16)13-20-2/h5-6,8-12,14,20H,4,7,13H2,1-3H3/t14-/m0/s1. The van der Waals surface area contributed by atoms with Gasteiger partial charge in [-0.15, -0.1) is 0 Å². The van der Waals surface area contributed by atoms with E-state index in [4.69, 9.17) is 0 Å². The predicted molar refractivity (Wildman–Crippen MR) is 90.8 cm³/mol. The fourth-order valence-electron chi connectivity index (χ4n) is 3.12. The van der Waals surface area contributed by atoms with Crippen molar-refractivity contribution in [3.8, 4) is 11.1 Å². The van der Waals surface area contributed by atoms with Gasteiger partial charge >= 0.3 is 0 Å². The quantitative estimate of drug-likeness (QED) is 0.919. The average Bonchev–Trinajstić information content (AvgIpc) is 2.52. The largest absolute Gasteiger partial charge is 0.372 e. The van der Waals surface area contributed by atoms with Crippen molar-refractivity contribution < 1.29 is 0 Å². The minimum absolute atomic E-state index is 0.643. The summed E-state index contributed by atoms with van der Waals surface area (Å²) < 4.78 is 0. The lowest BCUT2D eigenvalue weighted by atomic mass is 9.93. The van der Waals surface area contributed by atoms with Gasteiger partial charge in [0.15, 0.2) is 0 Å². The van der Waals surface area contributed by atoms with Crippen molar-refractivity contribution in [3.63, 3.8) is 0 Å². The van der Waals surface area contributed by atoms with Crippen molar-refractivity contribution in [1.82, 2.24) is 5.32 Å². The highest BCUT2D eigenvalue weighted by molar-refractivity contribution is 5.70. The Morgan fingerprint density at radius 1 is 1.10 bits per heavy atom. The van der Waals surface area contributed by atoms with Crippen LogP contribution in [0.4, 0.5) is 5.69 Å². The number of aryl methyl sites for hydroxylation is 1. The fraction of sp³-hybridized carbons (Fsp3) is 0.368. The van der Waals surface area contributed by atoms with Gasteiger partial charge in [-0.05, 0) is 61.2 Å². The second kappa shape index (κ2) is 5.90. The Hall–Kier alpha value is -1.80. The molecule has 1 N–H and O–H groups in total. The Bertz CT molecular complexity index is 616. The average molecular weight is 280 g/mol. The van der Waals surface area contributed by atoms with Gasteiger partial charge in [-0.25, -0.2) is 0 Å². The van der Waals surface area contributed by atoms with Crippen LogP contribution in [0.25, 0.3) is 11.1 Å². The number of hydrogen-bond acceptors (Lipinski definition) is 2. The van der Waals surface area contributed by atoms with Crippen molar-refractivity contribution in [2.45, 2.75) is 32.4 Å². The number of fused-ring (bicyclic) bond motifs is 1. The van der Waals surface area contributed by atoms with Crippen LogP contribution in [-0.4, -0.2) is 20.1 Å². The molecule has 0 fully saturated rings. The number of rotatable bonds is 3. The Morgan fingerprint density at radius 3 is 2.52 bits per heavy atom. The summed E-state index contributed by atoms with van der Waals surface area (Å²) in [6, 6.07) is 16.4. The maximum absolute atomic E-state index is 3.19. The van der Waals surface area contributed by atoms with Gasteiger partial charge in [-0.1, -0.05) is 30.3 Å². The maximum Gasteiger partial charge on any atom is 0.0399 e. The lowest BCUT2D eigenvalue weighted by molar-refractivity contribution is 0.598. The molecule has 2 aromatic rings. The monoisotopic (exact) mass is 280 g/mol. The molecule has 0 saturated heterocycles. The summed E-state index contributed by atoms with van der Waals surface area (Å²) >= 11 is 0. The van der Waals surface area contributed by atoms with Crippen molar-refractivity contribution in [1.29, 1.82) is 0 Å². The fourth-order valence-corrected chi connectivity index (χ4v) is 3.12. The molecule has 1 aliphatic rings. The lowest BCUT2D eigenvalue weighted by Gasteiger charge is -2.34.